The normalized spacial score (nSPS) is 23.7. The van der Waals surface area contributed by atoms with E-state index in [1.54, 1.807) is 12.1 Å². The second kappa shape index (κ2) is 8.08. The van der Waals surface area contributed by atoms with Crippen LogP contribution in [0, 0.1) is 0 Å². The van der Waals surface area contributed by atoms with E-state index in [0.717, 1.165) is 43.1 Å². The largest absolute Gasteiger partial charge is 0.508 e. The highest BCUT2D eigenvalue weighted by atomic mass is 32.1. The van der Waals surface area contributed by atoms with Gasteiger partial charge < -0.3 is 24.6 Å². The zero-order valence-electron chi connectivity index (χ0n) is 16.5. The minimum absolute atomic E-state index is 0.0756. The first-order chi connectivity index (χ1) is 14.7. The molecule has 2 fully saturated rings. The van der Waals surface area contributed by atoms with Crippen LogP contribution in [0.5, 0.6) is 5.75 Å². The highest BCUT2D eigenvalue weighted by Gasteiger charge is 2.42. The topological polar surface area (TPSA) is 62.5 Å². The van der Waals surface area contributed by atoms with Gasteiger partial charge in [0.05, 0.1) is 17.8 Å². The van der Waals surface area contributed by atoms with Crippen molar-refractivity contribution in [3.05, 3.63) is 78.4 Å². The van der Waals surface area contributed by atoms with E-state index in [1.807, 2.05) is 36.5 Å². The highest BCUT2D eigenvalue weighted by Crippen LogP contribution is 2.42. The van der Waals surface area contributed by atoms with Gasteiger partial charge in [-0.1, -0.05) is 6.07 Å². The molecule has 30 heavy (non-hydrogen) atoms. The van der Waals surface area contributed by atoms with Gasteiger partial charge in [0.2, 0.25) is 0 Å². The molecule has 154 valence electrons. The number of pyridine rings is 1. The van der Waals surface area contributed by atoms with Crippen molar-refractivity contribution < 1.29 is 9.84 Å². The second-order valence-corrected chi connectivity index (χ2v) is 8.12. The van der Waals surface area contributed by atoms with E-state index in [4.69, 9.17) is 17.0 Å². The average molecular weight is 421 g/mol. The van der Waals surface area contributed by atoms with Crippen LogP contribution in [-0.2, 0) is 11.3 Å². The fourth-order valence-corrected chi connectivity index (χ4v) is 4.76. The maximum absolute atomic E-state index is 9.75. The molecule has 0 bridgehead atoms. The van der Waals surface area contributed by atoms with Gasteiger partial charge in [-0.25, -0.2) is 0 Å². The first-order valence-electron chi connectivity index (χ1n) is 10.3. The Morgan fingerprint density at radius 1 is 1.13 bits per heavy atom. The van der Waals surface area contributed by atoms with E-state index >= 15 is 0 Å². The van der Waals surface area contributed by atoms with E-state index in [9.17, 15) is 5.11 Å². The van der Waals surface area contributed by atoms with E-state index in [-0.39, 0.29) is 23.9 Å². The van der Waals surface area contributed by atoms with Gasteiger partial charge in [0.1, 0.15) is 11.8 Å². The van der Waals surface area contributed by atoms with E-state index in [1.165, 1.54) is 0 Å². The Morgan fingerprint density at radius 2 is 2.00 bits per heavy atom. The fourth-order valence-electron chi connectivity index (χ4n) is 4.42. The Morgan fingerprint density at radius 3 is 2.73 bits per heavy atom. The molecular formula is C23H24N4O2S. The van der Waals surface area contributed by atoms with Crippen LogP contribution in [-0.4, -0.2) is 32.5 Å². The first-order valence-corrected chi connectivity index (χ1v) is 10.7. The summed E-state index contributed by atoms with van der Waals surface area (Å²) in [7, 11) is 0. The average Bonchev–Trinajstić information content (AvgIpc) is 3.50. The molecule has 2 saturated heterocycles. The molecule has 5 rings (SSSR count). The molecule has 3 atom stereocenters. The van der Waals surface area contributed by atoms with Crippen molar-refractivity contribution >= 4 is 23.0 Å². The number of benzene rings is 1. The molecule has 2 aromatic heterocycles. The SMILES string of the molecule is Oc1ccc(N2C(=S)N[C@@H](c3ccccn3)[C@@H]2c2cccn2C[C@@H]2CCCO2)cc1. The monoisotopic (exact) mass is 420 g/mol. The van der Waals surface area contributed by atoms with Crippen molar-refractivity contribution in [2.45, 2.75) is 37.6 Å². The second-order valence-electron chi connectivity index (χ2n) is 7.73. The lowest BCUT2D eigenvalue weighted by Crippen LogP contribution is -2.31. The van der Waals surface area contributed by atoms with Crippen molar-refractivity contribution in [1.29, 1.82) is 0 Å². The van der Waals surface area contributed by atoms with Crippen LogP contribution in [0.15, 0.2) is 67.0 Å². The lowest BCUT2D eigenvalue weighted by atomic mass is 10.0. The maximum atomic E-state index is 9.75. The summed E-state index contributed by atoms with van der Waals surface area (Å²) in [5.74, 6) is 0.233. The van der Waals surface area contributed by atoms with Crippen LogP contribution in [0.4, 0.5) is 5.69 Å². The third-order valence-corrected chi connectivity index (χ3v) is 6.13. The molecule has 2 aliphatic rings. The molecule has 1 aromatic carbocycles. The minimum Gasteiger partial charge on any atom is -0.508 e. The molecule has 7 heteroatoms. The summed E-state index contributed by atoms with van der Waals surface area (Å²) < 4.78 is 8.16. The Bertz CT molecular complexity index is 1020. The Balaban J connectivity index is 1.57. The Kier molecular flexibility index (Phi) is 5.14. The molecule has 0 amide bonds. The van der Waals surface area contributed by atoms with Gasteiger partial charge in [0, 0.05) is 36.9 Å². The van der Waals surface area contributed by atoms with Crippen LogP contribution in [0.1, 0.15) is 36.3 Å². The Hall–Kier alpha value is -2.90. The summed E-state index contributed by atoms with van der Waals surface area (Å²) in [6, 6.07) is 17.2. The summed E-state index contributed by atoms with van der Waals surface area (Å²) in [4.78, 5) is 6.73. The number of thiocarbonyl (C=S) groups is 1. The van der Waals surface area contributed by atoms with Crippen molar-refractivity contribution in [3.63, 3.8) is 0 Å². The van der Waals surface area contributed by atoms with Crippen LogP contribution in [0.3, 0.4) is 0 Å². The number of aromatic nitrogens is 2. The van der Waals surface area contributed by atoms with Gasteiger partial charge in [0.15, 0.2) is 5.11 Å². The number of hydrogen-bond acceptors (Lipinski definition) is 4. The lowest BCUT2D eigenvalue weighted by Gasteiger charge is -2.29. The number of phenolic OH excluding ortho intramolecular Hbond substituents is 1. The summed E-state index contributed by atoms with van der Waals surface area (Å²) >= 11 is 5.76. The van der Waals surface area contributed by atoms with Crippen molar-refractivity contribution in [3.8, 4) is 5.75 Å². The molecule has 6 nitrogen and oxygen atoms in total. The van der Waals surface area contributed by atoms with Gasteiger partial charge in [-0.3, -0.25) is 4.98 Å². The molecule has 0 saturated carbocycles. The summed E-state index contributed by atoms with van der Waals surface area (Å²) in [5.41, 5.74) is 3.02. The van der Waals surface area contributed by atoms with Gasteiger partial charge in [0.25, 0.3) is 0 Å². The summed E-state index contributed by atoms with van der Waals surface area (Å²) in [5, 5.41) is 13.9. The maximum Gasteiger partial charge on any atom is 0.174 e. The number of nitrogens with one attached hydrogen (secondary N) is 1. The standard InChI is InChI=1S/C23H24N4O2S/c28-17-10-8-16(9-11-17)27-22(21(25-23(27)30)19-6-1-2-12-24-19)20-7-3-13-26(20)15-18-5-4-14-29-18/h1-3,6-13,18,21-22,28H,4-5,14-15H2,(H,25,30)/t18-,21-,22-/m0/s1. The number of aromatic hydroxyl groups is 1. The smallest absolute Gasteiger partial charge is 0.174 e. The van der Waals surface area contributed by atoms with Crippen molar-refractivity contribution in [1.82, 2.24) is 14.9 Å². The third kappa shape index (κ3) is 3.55. The number of phenols is 1. The first kappa shape index (κ1) is 19.1. The van der Waals surface area contributed by atoms with E-state index < -0.39 is 0 Å². The van der Waals surface area contributed by atoms with Gasteiger partial charge in [-0.15, -0.1) is 0 Å². The third-order valence-electron chi connectivity index (χ3n) is 5.82. The number of ether oxygens (including phenoxy) is 1. The molecule has 2 aliphatic heterocycles. The lowest BCUT2D eigenvalue weighted by molar-refractivity contribution is 0.0961. The fraction of sp³-hybridized carbons (Fsp3) is 0.304. The molecule has 0 aliphatic carbocycles. The highest BCUT2D eigenvalue weighted by molar-refractivity contribution is 7.80. The zero-order valence-corrected chi connectivity index (χ0v) is 17.3. The number of anilines is 1. The Labute approximate surface area is 181 Å². The van der Waals surface area contributed by atoms with Gasteiger partial charge in [-0.2, -0.15) is 0 Å². The molecule has 0 spiro atoms. The van der Waals surface area contributed by atoms with Crippen LogP contribution in [0.2, 0.25) is 0 Å². The van der Waals surface area contributed by atoms with E-state index in [2.05, 4.69) is 38.1 Å². The number of nitrogens with zero attached hydrogens (tertiary/aromatic N) is 3. The quantitative estimate of drug-likeness (QED) is 0.610. The van der Waals surface area contributed by atoms with Crippen LogP contribution < -0.4 is 10.2 Å². The van der Waals surface area contributed by atoms with Crippen LogP contribution >= 0.6 is 12.2 Å². The van der Waals surface area contributed by atoms with E-state index in [0.29, 0.717) is 5.11 Å². The summed E-state index contributed by atoms with van der Waals surface area (Å²) in [6.07, 6.45) is 6.37. The van der Waals surface area contributed by atoms with Gasteiger partial charge in [-0.05, 0) is 73.6 Å². The summed E-state index contributed by atoms with van der Waals surface area (Å²) in [6.45, 7) is 1.66. The number of hydrogen-bond donors (Lipinski definition) is 2. The molecular weight excluding hydrogens is 396 g/mol. The molecule has 0 radical (unpaired) electrons. The number of rotatable bonds is 5. The zero-order chi connectivity index (χ0) is 20.5. The predicted molar refractivity (Wildman–Crippen MR) is 119 cm³/mol. The van der Waals surface area contributed by atoms with Crippen molar-refractivity contribution in [2.75, 3.05) is 11.5 Å². The predicted octanol–water partition coefficient (Wildman–Crippen LogP) is 3.94. The molecule has 4 heterocycles. The van der Waals surface area contributed by atoms with Gasteiger partial charge >= 0.3 is 0 Å². The molecule has 2 N–H and O–H groups in total. The van der Waals surface area contributed by atoms with Crippen LogP contribution in [0.25, 0.3) is 0 Å². The minimum atomic E-state index is -0.0920. The van der Waals surface area contributed by atoms with Crippen molar-refractivity contribution in [2.24, 2.45) is 0 Å². The molecule has 0 unspecified atom stereocenters. The molecule has 3 aromatic rings.